The van der Waals surface area contributed by atoms with Gasteiger partial charge in [-0.05, 0) is 68.1 Å². The predicted octanol–water partition coefficient (Wildman–Crippen LogP) is 3.91. The van der Waals surface area contributed by atoms with Gasteiger partial charge >= 0.3 is 0 Å². The SMILES string of the molecule is CC1CCCN(CCCNC(=O)/C=C/c2ccc(OCc3cccnc3)cc2)C1. The lowest BCUT2D eigenvalue weighted by molar-refractivity contribution is -0.116. The molecule has 1 fully saturated rings. The Morgan fingerprint density at radius 1 is 1.31 bits per heavy atom. The van der Waals surface area contributed by atoms with Gasteiger partial charge in [-0.2, -0.15) is 0 Å². The van der Waals surface area contributed by atoms with Crippen molar-refractivity contribution in [3.05, 3.63) is 66.0 Å². The van der Waals surface area contributed by atoms with Crippen LogP contribution < -0.4 is 10.1 Å². The van der Waals surface area contributed by atoms with Gasteiger partial charge in [0.1, 0.15) is 12.4 Å². The fourth-order valence-corrected chi connectivity index (χ4v) is 3.56. The number of ether oxygens (including phenoxy) is 1. The zero-order chi connectivity index (χ0) is 20.3. The van der Waals surface area contributed by atoms with E-state index in [0.717, 1.165) is 42.3 Å². The molecule has 0 radical (unpaired) electrons. The Labute approximate surface area is 173 Å². The largest absolute Gasteiger partial charge is 0.489 e. The standard InChI is InChI=1S/C24H31N3O2/c1-20-5-3-15-27(18-20)16-4-14-26-24(28)12-9-21-7-10-23(11-8-21)29-19-22-6-2-13-25-17-22/h2,6-13,17,20H,3-5,14-16,18-19H2,1H3,(H,26,28)/b12-9+. The third kappa shape index (κ3) is 7.70. The first-order chi connectivity index (χ1) is 14.2. The highest BCUT2D eigenvalue weighted by molar-refractivity contribution is 5.91. The van der Waals surface area contributed by atoms with Gasteiger partial charge in [-0.25, -0.2) is 0 Å². The van der Waals surface area contributed by atoms with Gasteiger partial charge in [0.05, 0.1) is 0 Å². The van der Waals surface area contributed by atoms with Gasteiger partial charge in [0, 0.05) is 37.1 Å². The highest BCUT2D eigenvalue weighted by Gasteiger charge is 2.15. The summed E-state index contributed by atoms with van der Waals surface area (Å²) in [6, 6.07) is 11.6. The van der Waals surface area contributed by atoms with Crippen LogP contribution in [-0.4, -0.2) is 42.0 Å². The summed E-state index contributed by atoms with van der Waals surface area (Å²) in [6.45, 7) is 6.97. The van der Waals surface area contributed by atoms with Gasteiger partial charge < -0.3 is 15.0 Å². The van der Waals surface area contributed by atoms with Gasteiger partial charge in [0.25, 0.3) is 0 Å². The van der Waals surface area contributed by atoms with Crippen LogP contribution in [0.5, 0.6) is 5.75 Å². The summed E-state index contributed by atoms with van der Waals surface area (Å²) in [4.78, 5) is 18.6. The third-order valence-electron chi connectivity index (χ3n) is 5.13. The number of hydrogen-bond acceptors (Lipinski definition) is 4. The van der Waals surface area contributed by atoms with Crippen molar-refractivity contribution in [1.29, 1.82) is 0 Å². The quantitative estimate of drug-likeness (QED) is 0.518. The second-order valence-corrected chi connectivity index (χ2v) is 7.74. The molecule has 5 nitrogen and oxygen atoms in total. The van der Waals surface area contributed by atoms with E-state index in [0.29, 0.717) is 6.61 Å². The number of nitrogens with zero attached hydrogens (tertiary/aromatic N) is 2. The molecular weight excluding hydrogens is 362 g/mol. The molecule has 3 rings (SSSR count). The van der Waals surface area contributed by atoms with E-state index >= 15 is 0 Å². The van der Waals surface area contributed by atoms with Crippen molar-refractivity contribution < 1.29 is 9.53 Å². The molecular formula is C24H31N3O2. The highest BCUT2D eigenvalue weighted by atomic mass is 16.5. The number of nitrogens with one attached hydrogen (secondary N) is 1. The molecule has 1 N–H and O–H groups in total. The fraction of sp³-hybridized carbons (Fsp3) is 0.417. The normalized spacial score (nSPS) is 17.3. The zero-order valence-electron chi connectivity index (χ0n) is 17.2. The summed E-state index contributed by atoms with van der Waals surface area (Å²) in [5, 5.41) is 2.97. The van der Waals surface area contributed by atoms with Crippen LogP contribution >= 0.6 is 0 Å². The van der Waals surface area contributed by atoms with E-state index in [4.69, 9.17) is 4.74 Å². The second-order valence-electron chi connectivity index (χ2n) is 7.74. The first-order valence-electron chi connectivity index (χ1n) is 10.5. The number of aromatic nitrogens is 1. The number of benzene rings is 1. The van der Waals surface area contributed by atoms with Crippen LogP contribution in [0.3, 0.4) is 0 Å². The van der Waals surface area contributed by atoms with Crippen molar-refractivity contribution in [3.63, 3.8) is 0 Å². The van der Waals surface area contributed by atoms with Crippen molar-refractivity contribution in [2.75, 3.05) is 26.2 Å². The Balaban J connectivity index is 1.34. The Kier molecular flexibility index (Phi) is 8.25. The van der Waals surface area contributed by atoms with Crippen LogP contribution in [0.15, 0.2) is 54.9 Å². The lowest BCUT2D eigenvalue weighted by Gasteiger charge is -2.30. The topological polar surface area (TPSA) is 54.5 Å². The molecule has 2 aromatic rings. The molecule has 1 amide bonds. The number of amides is 1. The molecule has 2 heterocycles. The minimum absolute atomic E-state index is 0.0473. The first-order valence-corrected chi connectivity index (χ1v) is 10.5. The van der Waals surface area contributed by atoms with Crippen LogP contribution in [0.1, 0.15) is 37.3 Å². The molecule has 1 saturated heterocycles. The van der Waals surface area contributed by atoms with E-state index in [1.807, 2.05) is 42.5 Å². The molecule has 0 spiro atoms. The number of likely N-dealkylation sites (tertiary alicyclic amines) is 1. The van der Waals surface area contributed by atoms with Gasteiger partial charge in [-0.15, -0.1) is 0 Å². The maximum atomic E-state index is 12.0. The Hall–Kier alpha value is -2.66. The van der Waals surface area contributed by atoms with E-state index in [1.165, 1.54) is 25.9 Å². The second kappa shape index (κ2) is 11.4. The molecule has 1 atom stereocenters. The number of pyridine rings is 1. The molecule has 0 bridgehead atoms. The number of rotatable bonds is 9. The maximum Gasteiger partial charge on any atom is 0.243 e. The molecule has 0 saturated carbocycles. The summed E-state index contributed by atoms with van der Waals surface area (Å²) < 4.78 is 5.75. The molecule has 0 aliphatic carbocycles. The minimum atomic E-state index is -0.0473. The van der Waals surface area contributed by atoms with E-state index in [9.17, 15) is 4.79 Å². The van der Waals surface area contributed by atoms with Crippen LogP contribution in [-0.2, 0) is 11.4 Å². The summed E-state index contributed by atoms with van der Waals surface area (Å²) in [6.07, 6.45) is 10.6. The number of hydrogen-bond donors (Lipinski definition) is 1. The van der Waals surface area contributed by atoms with Crippen LogP contribution in [0.4, 0.5) is 0 Å². The third-order valence-corrected chi connectivity index (χ3v) is 5.13. The Morgan fingerprint density at radius 2 is 2.17 bits per heavy atom. The van der Waals surface area contributed by atoms with Gasteiger partial charge in [-0.1, -0.05) is 25.1 Å². The van der Waals surface area contributed by atoms with Crippen molar-refractivity contribution in [1.82, 2.24) is 15.2 Å². The summed E-state index contributed by atoms with van der Waals surface area (Å²) in [7, 11) is 0. The molecule has 1 aliphatic rings. The lowest BCUT2D eigenvalue weighted by atomic mass is 10.0. The van der Waals surface area contributed by atoms with Crippen molar-refractivity contribution in [2.24, 2.45) is 5.92 Å². The van der Waals surface area contributed by atoms with E-state index in [1.54, 1.807) is 18.5 Å². The number of piperidine rings is 1. The summed E-state index contributed by atoms with van der Waals surface area (Å²) in [5.41, 5.74) is 2.00. The monoisotopic (exact) mass is 393 g/mol. The number of carbonyl (C=O) groups excluding carboxylic acids is 1. The van der Waals surface area contributed by atoms with Crippen molar-refractivity contribution in [3.8, 4) is 5.75 Å². The Morgan fingerprint density at radius 3 is 2.93 bits per heavy atom. The predicted molar refractivity (Wildman–Crippen MR) is 117 cm³/mol. The van der Waals surface area contributed by atoms with E-state index in [-0.39, 0.29) is 5.91 Å². The molecule has 5 heteroatoms. The van der Waals surface area contributed by atoms with Crippen molar-refractivity contribution >= 4 is 12.0 Å². The van der Waals surface area contributed by atoms with Crippen LogP contribution in [0.2, 0.25) is 0 Å². The minimum Gasteiger partial charge on any atom is -0.489 e. The molecule has 1 aromatic carbocycles. The van der Waals surface area contributed by atoms with Gasteiger partial charge in [-0.3, -0.25) is 9.78 Å². The summed E-state index contributed by atoms with van der Waals surface area (Å²) >= 11 is 0. The first kappa shape index (κ1) is 21.1. The smallest absolute Gasteiger partial charge is 0.243 e. The van der Waals surface area contributed by atoms with Gasteiger partial charge in [0.15, 0.2) is 0 Å². The highest BCUT2D eigenvalue weighted by Crippen LogP contribution is 2.16. The maximum absolute atomic E-state index is 12.0. The van der Waals surface area contributed by atoms with Crippen LogP contribution in [0.25, 0.3) is 6.08 Å². The molecule has 1 aliphatic heterocycles. The van der Waals surface area contributed by atoms with Crippen molar-refractivity contribution in [2.45, 2.75) is 32.8 Å². The average molecular weight is 394 g/mol. The molecule has 1 unspecified atom stereocenters. The molecule has 29 heavy (non-hydrogen) atoms. The Bertz CT molecular complexity index is 774. The average Bonchev–Trinajstić information content (AvgIpc) is 2.75. The van der Waals surface area contributed by atoms with E-state index < -0.39 is 0 Å². The lowest BCUT2D eigenvalue weighted by Crippen LogP contribution is -2.36. The van der Waals surface area contributed by atoms with Gasteiger partial charge in [0.2, 0.25) is 5.91 Å². The molecule has 1 aromatic heterocycles. The summed E-state index contributed by atoms with van der Waals surface area (Å²) in [5.74, 6) is 1.55. The van der Waals surface area contributed by atoms with Crippen LogP contribution in [0, 0.1) is 5.92 Å². The fourth-order valence-electron chi connectivity index (χ4n) is 3.56. The number of carbonyl (C=O) groups is 1. The molecule has 154 valence electrons. The zero-order valence-corrected chi connectivity index (χ0v) is 17.2. The van der Waals surface area contributed by atoms with E-state index in [2.05, 4.69) is 22.1 Å².